The molecular formula is C23H29NO2. The van der Waals surface area contributed by atoms with Crippen LogP contribution in [0.3, 0.4) is 0 Å². The second-order valence-corrected chi connectivity index (χ2v) is 7.75. The highest BCUT2D eigenvalue weighted by molar-refractivity contribution is 5.70. The van der Waals surface area contributed by atoms with E-state index in [1.165, 1.54) is 22.3 Å². The molecule has 138 valence electrons. The van der Waals surface area contributed by atoms with Gasteiger partial charge in [0.15, 0.2) is 0 Å². The van der Waals surface area contributed by atoms with E-state index in [4.69, 9.17) is 0 Å². The number of likely N-dealkylation sites (tertiary alicyclic amines) is 1. The van der Waals surface area contributed by atoms with Gasteiger partial charge >= 0.3 is 5.97 Å². The van der Waals surface area contributed by atoms with Crippen LogP contribution >= 0.6 is 0 Å². The van der Waals surface area contributed by atoms with Gasteiger partial charge < -0.3 is 5.11 Å². The fraction of sp³-hybridized carbons (Fsp3) is 0.435. The minimum atomic E-state index is -0.673. The van der Waals surface area contributed by atoms with E-state index < -0.39 is 5.97 Å². The Morgan fingerprint density at radius 2 is 1.73 bits per heavy atom. The lowest BCUT2D eigenvalue weighted by Gasteiger charge is -2.38. The van der Waals surface area contributed by atoms with Crippen molar-refractivity contribution >= 4 is 5.97 Å². The molecule has 2 unspecified atom stereocenters. The van der Waals surface area contributed by atoms with Crippen LogP contribution < -0.4 is 0 Å². The number of aryl methyl sites for hydroxylation is 1. The lowest BCUT2D eigenvalue weighted by atomic mass is 9.89. The molecule has 0 spiro atoms. The molecule has 1 aliphatic heterocycles. The Morgan fingerprint density at radius 3 is 2.35 bits per heavy atom. The predicted molar refractivity (Wildman–Crippen MR) is 105 cm³/mol. The minimum absolute atomic E-state index is 0.111. The van der Waals surface area contributed by atoms with Gasteiger partial charge in [0.1, 0.15) is 0 Å². The molecule has 0 saturated carbocycles. The Morgan fingerprint density at radius 1 is 1.08 bits per heavy atom. The lowest BCUT2D eigenvalue weighted by Crippen LogP contribution is -2.41. The summed E-state index contributed by atoms with van der Waals surface area (Å²) < 4.78 is 0. The van der Waals surface area contributed by atoms with E-state index in [1.807, 2.05) is 0 Å². The molecule has 3 heteroatoms. The minimum Gasteiger partial charge on any atom is -0.481 e. The molecule has 1 N–H and O–H groups in total. The number of hydrogen-bond donors (Lipinski definition) is 1. The highest BCUT2D eigenvalue weighted by Crippen LogP contribution is 2.34. The molecule has 26 heavy (non-hydrogen) atoms. The van der Waals surface area contributed by atoms with E-state index in [2.05, 4.69) is 74.2 Å². The van der Waals surface area contributed by atoms with Gasteiger partial charge in [-0.15, -0.1) is 0 Å². The summed E-state index contributed by atoms with van der Waals surface area (Å²) in [7, 11) is 0. The number of nitrogens with zero attached hydrogens (tertiary/aromatic N) is 1. The van der Waals surface area contributed by atoms with Crippen molar-refractivity contribution in [2.24, 2.45) is 5.92 Å². The SMILES string of the molecule is Cc1ccccc1C(c1ccc(C(C)C)cc1)N1CCCC(C(=O)O)C1. The van der Waals surface area contributed by atoms with Crippen LogP contribution in [0.1, 0.15) is 60.9 Å². The largest absolute Gasteiger partial charge is 0.481 e. The molecule has 2 aromatic rings. The first-order valence-corrected chi connectivity index (χ1v) is 9.59. The highest BCUT2D eigenvalue weighted by atomic mass is 16.4. The Labute approximate surface area is 156 Å². The molecule has 1 heterocycles. The molecular weight excluding hydrogens is 322 g/mol. The molecule has 3 nitrogen and oxygen atoms in total. The summed E-state index contributed by atoms with van der Waals surface area (Å²) in [6.45, 7) is 8.10. The third kappa shape index (κ3) is 3.99. The first-order chi connectivity index (χ1) is 12.5. The summed E-state index contributed by atoms with van der Waals surface area (Å²) in [5.41, 5.74) is 5.10. The lowest BCUT2D eigenvalue weighted by molar-refractivity contribution is -0.143. The van der Waals surface area contributed by atoms with Crippen molar-refractivity contribution in [2.75, 3.05) is 13.1 Å². The number of carboxylic acid groups (broad SMARTS) is 1. The Bertz CT molecular complexity index is 751. The molecule has 0 amide bonds. The van der Waals surface area contributed by atoms with Crippen molar-refractivity contribution in [2.45, 2.75) is 45.6 Å². The number of piperidine rings is 1. The van der Waals surface area contributed by atoms with Gasteiger partial charge in [0.2, 0.25) is 0 Å². The summed E-state index contributed by atoms with van der Waals surface area (Å²) in [4.78, 5) is 13.9. The molecule has 0 aromatic heterocycles. The summed E-state index contributed by atoms with van der Waals surface area (Å²) in [6.07, 6.45) is 1.71. The number of carbonyl (C=O) groups is 1. The zero-order valence-electron chi connectivity index (χ0n) is 16.0. The monoisotopic (exact) mass is 351 g/mol. The highest BCUT2D eigenvalue weighted by Gasteiger charge is 2.31. The Hall–Kier alpha value is -2.13. The smallest absolute Gasteiger partial charge is 0.307 e. The van der Waals surface area contributed by atoms with E-state index in [1.54, 1.807) is 0 Å². The van der Waals surface area contributed by atoms with Crippen molar-refractivity contribution in [1.82, 2.24) is 4.90 Å². The topological polar surface area (TPSA) is 40.5 Å². The van der Waals surface area contributed by atoms with Crippen LogP contribution in [0.2, 0.25) is 0 Å². The molecule has 1 fully saturated rings. The van der Waals surface area contributed by atoms with Crippen LogP contribution in [0.4, 0.5) is 0 Å². The van der Waals surface area contributed by atoms with Crippen molar-refractivity contribution in [3.05, 3.63) is 70.8 Å². The third-order valence-electron chi connectivity index (χ3n) is 5.57. The maximum atomic E-state index is 11.6. The molecule has 0 bridgehead atoms. The normalized spacial score (nSPS) is 19.5. The fourth-order valence-electron chi connectivity index (χ4n) is 3.99. The number of rotatable bonds is 5. The first-order valence-electron chi connectivity index (χ1n) is 9.59. The van der Waals surface area contributed by atoms with Crippen molar-refractivity contribution in [1.29, 1.82) is 0 Å². The van der Waals surface area contributed by atoms with E-state index in [0.717, 1.165) is 19.4 Å². The molecule has 2 atom stereocenters. The van der Waals surface area contributed by atoms with Crippen LogP contribution in [0.15, 0.2) is 48.5 Å². The van der Waals surface area contributed by atoms with Crippen LogP contribution in [-0.2, 0) is 4.79 Å². The van der Waals surface area contributed by atoms with Gasteiger partial charge in [0, 0.05) is 6.54 Å². The summed E-state index contributed by atoms with van der Waals surface area (Å²) in [5.74, 6) is -0.439. The van der Waals surface area contributed by atoms with Crippen molar-refractivity contribution in [3.8, 4) is 0 Å². The maximum Gasteiger partial charge on any atom is 0.307 e. The quantitative estimate of drug-likeness (QED) is 0.824. The van der Waals surface area contributed by atoms with E-state index in [9.17, 15) is 9.90 Å². The zero-order chi connectivity index (χ0) is 18.7. The van der Waals surface area contributed by atoms with Gasteiger partial charge in [0.05, 0.1) is 12.0 Å². The second-order valence-electron chi connectivity index (χ2n) is 7.75. The summed E-state index contributed by atoms with van der Waals surface area (Å²) in [5, 5.41) is 9.50. The van der Waals surface area contributed by atoms with E-state index in [-0.39, 0.29) is 12.0 Å². The third-order valence-corrected chi connectivity index (χ3v) is 5.57. The number of benzene rings is 2. The standard InChI is InChI=1S/C23H29NO2/c1-16(2)18-10-12-19(13-11-18)22(21-9-5-4-7-17(21)3)24-14-6-8-20(15-24)23(25)26/h4-5,7,9-13,16,20,22H,6,8,14-15H2,1-3H3,(H,25,26). The summed E-state index contributed by atoms with van der Waals surface area (Å²) >= 11 is 0. The molecule has 3 rings (SSSR count). The fourth-order valence-corrected chi connectivity index (χ4v) is 3.99. The van der Waals surface area contributed by atoms with Gasteiger partial charge in [-0.05, 0) is 54.5 Å². The van der Waals surface area contributed by atoms with Crippen LogP contribution in [-0.4, -0.2) is 29.1 Å². The van der Waals surface area contributed by atoms with Crippen LogP contribution in [0, 0.1) is 12.8 Å². The van der Waals surface area contributed by atoms with Gasteiger partial charge in [-0.3, -0.25) is 9.69 Å². The van der Waals surface area contributed by atoms with Gasteiger partial charge in [-0.25, -0.2) is 0 Å². The number of carboxylic acids is 1. The Balaban J connectivity index is 1.99. The van der Waals surface area contributed by atoms with Gasteiger partial charge in [-0.1, -0.05) is 62.4 Å². The van der Waals surface area contributed by atoms with Gasteiger partial charge in [0.25, 0.3) is 0 Å². The zero-order valence-corrected chi connectivity index (χ0v) is 16.0. The van der Waals surface area contributed by atoms with Crippen molar-refractivity contribution < 1.29 is 9.90 Å². The molecule has 0 aliphatic carbocycles. The van der Waals surface area contributed by atoms with Crippen LogP contribution in [0.25, 0.3) is 0 Å². The Kier molecular flexibility index (Phi) is 5.77. The second kappa shape index (κ2) is 8.05. The number of hydrogen-bond acceptors (Lipinski definition) is 2. The maximum absolute atomic E-state index is 11.6. The predicted octanol–water partition coefficient (Wildman–Crippen LogP) is 5.00. The van der Waals surface area contributed by atoms with Gasteiger partial charge in [-0.2, -0.15) is 0 Å². The molecule has 2 aromatic carbocycles. The first kappa shape index (κ1) is 18.7. The molecule has 1 aliphatic rings. The van der Waals surface area contributed by atoms with E-state index in [0.29, 0.717) is 12.5 Å². The summed E-state index contributed by atoms with van der Waals surface area (Å²) in [6, 6.07) is 17.4. The van der Waals surface area contributed by atoms with E-state index >= 15 is 0 Å². The van der Waals surface area contributed by atoms with Crippen LogP contribution in [0.5, 0.6) is 0 Å². The average molecular weight is 351 g/mol. The molecule has 1 saturated heterocycles. The average Bonchev–Trinajstić information content (AvgIpc) is 2.64. The molecule has 0 radical (unpaired) electrons. The number of aliphatic carboxylic acids is 1. The van der Waals surface area contributed by atoms with Crippen molar-refractivity contribution in [3.63, 3.8) is 0 Å².